The summed E-state index contributed by atoms with van der Waals surface area (Å²) in [5.41, 5.74) is -0.982. The molecule has 0 aromatic heterocycles. The fourth-order valence-electron chi connectivity index (χ4n) is 1.59. The zero-order valence-corrected chi connectivity index (χ0v) is 7.38. The number of carbonyl (C=O) groups is 1. The van der Waals surface area contributed by atoms with E-state index < -0.39 is 17.2 Å². The van der Waals surface area contributed by atoms with E-state index in [0.717, 1.165) is 0 Å². The average Bonchev–Trinajstić information content (AvgIpc) is 2.04. The third kappa shape index (κ3) is 2.28. The minimum Gasteiger partial charge on any atom is -0.481 e. The Morgan fingerprint density at radius 1 is 1.69 bits per heavy atom. The summed E-state index contributed by atoms with van der Waals surface area (Å²) in [4.78, 5) is 10.5. The summed E-state index contributed by atoms with van der Waals surface area (Å²) < 4.78 is 18.1. The highest BCUT2D eigenvalue weighted by Gasteiger charge is 2.38. The molecule has 0 aromatic rings. The molecule has 0 aliphatic carbocycles. The van der Waals surface area contributed by atoms with E-state index in [1.165, 1.54) is 0 Å². The lowest BCUT2D eigenvalue weighted by atomic mass is 9.79. The summed E-state index contributed by atoms with van der Waals surface area (Å²) >= 11 is 0. The van der Waals surface area contributed by atoms with Gasteiger partial charge < -0.3 is 9.84 Å². The van der Waals surface area contributed by atoms with E-state index in [-0.39, 0.29) is 13.0 Å². The predicted molar refractivity (Wildman–Crippen MR) is 45.0 cm³/mol. The Balaban J connectivity index is 2.73. The largest absolute Gasteiger partial charge is 0.481 e. The van der Waals surface area contributed by atoms with Gasteiger partial charge in [-0.1, -0.05) is 6.58 Å². The van der Waals surface area contributed by atoms with Crippen molar-refractivity contribution in [1.82, 2.24) is 0 Å². The summed E-state index contributed by atoms with van der Waals surface area (Å²) in [6, 6.07) is 0. The lowest BCUT2D eigenvalue weighted by Gasteiger charge is -2.33. The van der Waals surface area contributed by atoms with Crippen LogP contribution in [0.15, 0.2) is 12.4 Å². The van der Waals surface area contributed by atoms with E-state index >= 15 is 0 Å². The first kappa shape index (κ1) is 10.2. The highest BCUT2D eigenvalue weighted by Crippen LogP contribution is 2.39. The van der Waals surface area contributed by atoms with Crippen LogP contribution >= 0.6 is 0 Å². The van der Waals surface area contributed by atoms with Gasteiger partial charge in [0.1, 0.15) is 5.83 Å². The fourth-order valence-corrected chi connectivity index (χ4v) is 1.59. The van der Waals surface area contributed by atoms with Gasteiger partial charge >= 0.3 is 5.97 Å². The van der Waals surface area contributed by atoms with E-state index in [1.807, 2.05) is 0 Å². The first-order chi connectivity index (χ1) is 6.07. The fraction of sp³-hybridized carbons (Fsp3) is 0.667. The van der Waals surface area contributed by atoms with Crippen LogP contribution in [0.2, 0.25) is 0 Å². The summed E-state index contributed by atoms with van der Waals surface area (Å²) in [5.74, 6) is -1.58. The zero-order valence-electron chi connectivity index (χ0n) is 7.38. The quantitative estimate of drug-likeness (QED) is 0.733. The lowest BCUT2D eigenvalue weighted by Crippen LogP contribution is -2.34. The molecule has 0 bridgehead atoms. The minimum atomic E-state index is -1.01. The number of aliphatic carboxylic acids is 1. The molecule has 74 valence electrons. The molecular weight excluding hydrogens is 175 g/mol. The number of rotatable bonds is 3. The van der Waals surface area contributed by atoms with Crippen LogP contribution in [0.3, 0.4) is 0 Å². The van der Waals surface area contributed by atoms with Crippen LogP contribution < -0.4 is 0 Å². The highest BCUT2D eigenvalue weighted by atomic mass is 19.1. The molecule has 1 N–H and O–H groups in total. The number of carboxylic acid groups (broad SMARTS) is 1. The molecule has 4 heteroatoms. The van der Waals surface area contributed by atoms with Crippen molar-refractivity contribution in [3.63, 3.8) is 0 Å². The van der Waals surface area contributed by atoms with E-state index in [4.69, 9.17) is 9.84 Å². The topological polar surface area (TPSA) is 46.5 Å². The Morgan fingerprint density at radius 3 is 2.77 bits per heavy atom. The van der Waals surface area contributed by atoms with Gasteiger partial charge in [0.25, 0.3) is 0 Å². The van der Waals surface area contributed by atoms with Crippen LogP contribution in [0.5, 0.6) is 0 Å². The van der Waals surface area contributed by atoms with Crippen molar-refractivity contribution in [2.45, 2.75) is 19.3 Å². The van der Waals surface area contributed by atoms with E-state index in [1.54, 1.807) is 0 Å². The molecule has 0 amide bonds. The Labute approximate surface area is 76.2 Å². The van der Waals surface area contributed by atoms with Crippen LogP contribution in [-0.4, -0.2) is 24.3 Å². The maximum atomic E-state index is 13.1. The summed E-state index contributed by atoms with van der Waals surface area (Å²) in [6.45, 7) is 3.91. The van der Waals surface area contributed by atoms with Crippen molar-refractivity contribution in [2.24, 2.45) is 5.41 Å². The van der Waals surface area contributed by atoms with Crippen LogP contribution in [-0.2, 0) is 9.53 Å². The van der Waals surface area contributed by atoms with Crippen LogP contribution in [0.25, 0.3) is 0 Å². The Morgan fingerprint density at radius 2 is 2.38 bits per heavy atom. The number of hydrogen-bond donors (Lipinski definition) is 1. The van der Waals surface area contributed by atoms with E-state index in [2.05, 4.69) is 6.58 Å². The van der Waals surface area contributed by atoms with E-state index in [0.29, 0.717) is 19.4 Å². The van der Waals surface area contributed by atoms with Crippen LogP contribution in [0.4, 0.5) is 4.39 Å². The standard InChI is InChI=1S/C9H13FO3/c1-7(10)9(5-8(11)12)3-2-4-13-6-9/h1-6H2,(H,11,12). The van der Waals surface area contributed by atoms with Gasteiger partial charge in [-0.25, -0.2) is 4.39 Å². The molecule has 0 spiro atoms. The predicted octanol–water partition coefficient (Wildman–Crippen LogP) is 1.74. The van der Waals surface area contributed by atoms with Gasteiger partial charge in [-0.05, 0) is 12.8 Å². The molecule has 1 atom stereocenters. The number of halogens is 1. The second-order valence-electron chi connectivity index (χ2n) is 3.41. The van der Waals surface area contributed by atoms with Crippen molar-refractivity contribution in [1.29, 1.82) is 0 Å². The van der Waals surface area contributed by atoms with Gasteiger partial charge in [0.15, 0.2) is 0 Å². The molecule has 13 heavy (non-hydrogen) atoms. The van der Waals surface area contributed by atoms with E-state index in [9.17, 15) is 9.18 Å². The summed E-state index contributed by atoms with van der Waals surface area (Å²) in [5, 5.41) is 8.62. The molecule has 1 aliphatic rings. The third-order valence-corrected chi connectivity index (χ3v) is 2.39. The van der Waals surface area contributed by atoms with Gasteiger partial charge in [0.2, 0.25) is 0 Å². The van der Waals surface area contributed by atoms with Crippen molar-refractivity contribution < 1.29 is 19.0 Å². The monoisotopic (exact) mass is 188 g/mol. The number of carboxylic acids is 1. The molecule has 1 rings (SSSR count). The average molecular weight is 188 g/mol. The van der Waals surface area contributed by atoms with Gasteiger partial charge in [-0.2, -0.15) is 0 Å². The summed E-state index contributed by atoms with van der Waals surface area (Å²) in [6.07, 6.45) is 0.965. The Hall–Kier alpha value is -0.900. The molecule has 1 unspecified atom stereocenters. The molecule has 0 aromatic carbocycles. The minimum absolute atomic E-state index is 0.134. The van der Waals surface area contributed by atoms with Crippen molar-refractivity contribution in [3.8, 4) is 0 Å². The van der Waals surface area contributed by atoms with Crippen LogP contribution in [0, 0.1) is 5.41 Å². The molecule has 1 fully saturated rings. The zero-order chi connectivity index (χ0) is 9.90. The molecular formula is C9H13FO3. The molecule has 3 nitrogen and oxygen atoms in total. The highest BCUT2D eigenvalue weighted by molar-refractivity contribution is 5.68. The second kappa shape index (κ2) is 3.87. The van der Waals surface area contributed by atoms with Gasteiger partial charge in [-0.3, -0.25) is 4.79 Å². The molecule has 1 saturated heterocycles. The maximum Gasteiger partial charge on any atom is 0.304 e. The normalized spacial score (nSPS) is 28.4. The third-order valence-electron chi connectivity index (χ3n) is 2.39. The molecule has 0 saturated carbocycles. The maximum absolute atomic E-state index is 13.1. The van der Waals surface area contributed by atoms with Gasteiger partial charge in [0, 0.05) is 6.61 Å². The van der Waals surface area contributed by atoms with Crippen molar-refractivity contribution >= 4 is 5.97 Å². The number of ether oxygens (including phenoxy) is 1. The SMILES string of the molecule is C=C(F)C1(CC(=O)O)CCCOC1. The first-order valence-electron chi connectivity index (χ1n) is 4.21. The number of hydrogen-bond acceptors (Lipinski definition) is 2. The molecule has 1 aliphatic heterocycles. The first-order valence-corrected chi connectivity index (χ1v) is 4.21. The van der Waals surface area contributed by atoms with Crippen LogP contribution in [0.1, 0.15) is 19.3 Å². The van der Waals surface area contributed by atoms with Crippen molar-refractivity contribution in [3.05, 3.63) is 12.4 Å². The van der Waals surface area contributed by atoms with Gasteiger partial charge in [0.05, 0.1) is 18.4 Å². The van der Waals surface area contributed by atoms with Crippen molar-refractivity contribution in [2.75, 3.05) is 13.2 Å². The Bertz CT molecular complexity index is 219. The summed E-state index contributed by atoms with van der Waals surface area (Å²) in [7, 11) is 0. The molecule has 1 heterocycles. The Kier molecular flexibility index (Phi) is 3.03. The van der Waals surface area contributed by atoms with Gasteiger partial charge in [-0.15, -0.1) is 0 Å². The lowest BCUT2D eigenvalue weighted by molar-refractivity contribution is -0.141. The molecule has 0 radical (unpaired) electrons. The second-order valence-corrected chi connectivity index (χ2v) is 3.41. The smallest absolute Gasteiger partial charge is 0.304 e.